The van der Waals surface area contributed by atoms with Crippen molar-refractivity contribution in [1.29, 1.82) is 0 Å². The molecular formula is C7H2Cl3NS. The Morgan fingerprint density at radius 1 is 1.17 bits per heavy atom. The zero-order chi connectivity index (χ0) is 8.72. The van der Waals surface area contributed by atoms with Crippen LogP contribution in [0.4, 0.5) is 0 Å². The van der Waals surface area contributed by atoms with E-state index in [0.717, 1.165) is 10.2 Å². The quantitative estimate of drug-likeness (QED) is 0.668. The third kappa shape index (κ3) is 1.40. The minimum atomic E-state index is 0.481. The molecule has 0 N–H and O–H groups in total. The maximum atomic E-state index is 5.90. The highest BCUT2D eigenvalue weighted by Crippen LogP contribution is 2.33. The number of aromatic nitrogens is 1. The molecule has 2 rings (SSSR count). The molecule has 0 atom stereocenters. The van der Waals surface area contributed by atoms with E-state index in [1.54, 1.807) is 12.1 Å². The van der Waals surface area contributed by atoms with Crippen LogP contribution in [0.3, 0.4) is 0 Å². The van der Waals surface area contributed by atoms with Crippen molar-refractivity contribution in [2.75, 3.05) is 0 Å². The van der Waals surface area contributed by atoms with Crippen molar-refractivity contribution in [3.05, 3.63) is 26.6 Å². The van der Waals surface area contributed by atoms with Crippen molar-refractivity contribution in [3.63, 3.8) is 0 Å². The highest BCUT2D eigenvalue weighted by atomic mass is 35.5. The Balaban J connectivity index is 2.88. The van der Waals surface area contributed by atoms with Gasteiger partial charge in [-0.1, -0.05) is 34.8 Å². The van der Waals surface area contributed by atoms with Crippen molar-refractivity contribution in [1.82, 2.24) is 4.98 Å². The first-order valence-corrected chi connectivity index (χ1v) is 5.03. The van der Waals surface area contributed by atoms with Crippen molar-refractivity contribution >= 4 is 56.4 Å². The number of halogens is 3. The third-order valence-electron chi connectivity index (χ3n) is 1.38. The van der Waals surface area contributed by atoms with Crippen LogP contribution in [0.2, 0.25) is 14.5 Å². The Morgan fingerprint density at radius 2 is 1.92 bits per heavy atom. The van der Waals surface area contributed by atoms with Crippen LogP contribution in [0.15, 0.2) is 12.1 Å². The van der Waals surface area contributed by atoms with Gasteiger partial charge in [-0.05, 0) is 12.1 Å². The van der Waals surface area contributed by atoms with Gasteiger partial charge in [0.05, 0.1) is 15.2 Å². The van der Waals surface area contributed by atoms with Crippen LogP contribution < -0.4 is 0 Å². The number of hydrogen-bond donors (Lipinski definition) is 0. The average molecular weight is 239 g/mol. The topological polar surface area (TPSA) is 12.9 Å². The molecule has 1 nitrogen and oxygen atoms in total. The molecule has 1 aromatic carbocycles. The molecule has 62 valence electrons. The van der Waals surface area contributed by atoms with E-state index in [4.69, 9.17) is 34.8 Å². The second kappa shape index (κ2) is 3.04. The van der Waals surface area contributed by atoms with Crippen molar-refractivity contribution < 1.29 is 0 Å². The molecule has 0 spiro atoms. The second-order valence-electron chi connectivity index (χ2n) is 2.20. The van der Waals surface area contributed by atoms with E-state index in [1.165, 1.54) is 11.3 Å². The molecule has 0 fully saturated rings. The molecule has 0 saturated heterocycles. The first-order chi connectivity index (χ1) is 5.66. The Labute approximate surface area is 87.9 Å². The molecule has 12 heavy (non-hydrogen) atoms. The minimum Gasteiger partial charge on any atom is -0.225 e. The summed E-state index contributed by atoms with van der Waals surface area (Å²) in [7, 11) is 0. The van der Waals surface area contributed by atoms with E-state index >= 15 is 0 Å². The standard InChI is InChI=1S/C7H2Cl3NS/c8-3-1-4(9)6-5(2-3)11-7(10)12-6/h1-2H. The fourth-order valence-corrected chi connectivity index (χ4v) is 2.53. The number of thiazole rings is 1. The van der Waals surface area contributed by atoms with Crippen LogP contribution in [-0.4, -0.2) is 4.98 Å². The van der Waals surface area contributed by atoms with Gasteiger partial charge in [0.1, 0.15) is 0 Å². The van der Waals surface area contributed by atoms with Crippen molar-refractivity contribution in [3.8, 4) is 0 Å². The summed E-state index contributed by atoms with van der Waals surface area (Å²) in [5, 5.41) is 1.18. The smallest absolute Gasteiger partial charge is 0.184 e. The van der Waals surface area contributed by atoms with E-state index in [1.807, 2.05) is 0 Å². The van der Waals surface area contributed by atoms with Gasteiger partial charge in [-0.25, -0.2) is 4.98 Å². The molecule has 0 radical (unpaired) electrons. The lowest BCUT2D eigenvalue weighted by Gasteiger charge is -1.92. The van der Waals surface area contributed by atoms with E-state index in [9.17, 15) is 0 Å². The summed E-state index contributed by atoms with van der Waals surface area (Å²) in [6, 6.07) is 3.42. The zero-order valence-electron chi connectivity index (χ0n) is 5.64. The lowest BCUT2D eigenvalue weighted by atomic mass is 10.3. The van der Waals surface area contributed by atoms with Crippen LogP contribution in [0, 0.1) is 0 Å². The summed E-state index contributed by atoms with van der Waals surface area (Å²) in [4.78, 5) is 4.05. The molecule has 0 unspecified atom stereocenters. The summed E-state index contributed by atoms with van der Waals surface area (Å²) in [6.07, 6.45) is 0. The normalized spacial score (nSPS) is 10.9. The van der Waals surface area contributed by atoms with Gasteiger partial charge < -0.3 is 0 Å². The SMILES string of the molecule is Clc1cc(Cl)c2sc(Cl)nc2c1. The summed E-state index contributed by atoms with van der Waals surface area (Å²) in [6.45, 7) is 0. The van der Waals surface area contributed by atoms with Crippen LogP contribution in [0.1, 0.15) is 0 Å². The number of benzene rings is 1. The zero-order valence-corrected chi connectivity index (χ0v) is 8.73. The van der Waals surface area contributed by atoms with Crippen LogP contribution in [0.25, 0.3) is 10.2 Å². The molecule has 0 saturated carbocycles. The number of fused-ring (bicyclic) bond motifs is 1. The Hall–Kier alpha value is -0.0200. The van der Waals surface area contributed by atoms with Gasteiger partial charge in [-0.2, -0.15) is 0 Å². The molecule has 0 bridgehead atoms. The van der Waals surface area contributed by atoms with Gasteiger partial charge in [0.15, 0.2) is 4.47 Å². The molecule has 1 aromatic heterocycles. The predicted octanol–water partition coefficient (Wildman–Crippen LogP) is 4.26. The maximum absolute atomic E-state index is 5.90. The molecule has 0 aliphatic heterocycles. The van der Waals surface area contributed by atoms with Crippen LogP contribution >= 0.6 is 46.1 Å². The maximum Gasteiger partial charge on any atom is 0.184 e. The Kier molecular flexibility index (Phi) is 2.17. The highest BCUT2D eigenvalue weighted by molar-refractivity contribution is 7.22. The summed E-state index contributed by atoms with van der Waals surface area (Å²) >= 11 is 18.7. The highest BCUT2D eigenvalue weighted by Gasteiger charge is 2.06. The fourth-order valence-electron chi connectivity index (χ4n) is 0.933. The molecular weight excluding hydrogens is 237 g/mol. The largest absolute Gasteiger partial charge is 0.225 e. The Bertz CT molecular complexity index is 437. The first kappa shape index (κ1) is 8.57. The summed E-state index contributed by atoms with van der Waals surface area (Å²) in [5.74, 6) is 0. The molecule has 2 aromatic rings. The van der Waals surface area contributed by atoms with Crippen LogP contribution in [0.5, 0.6) is 0 Å². The predicted molar refractivity (Wildman–Crippen MR) is 54.6 cm³/mol. The number of hydrogen-bond acceptors (Lipinski definition) is 2. The van der Waals surface area contributed by atoms with E-state index in [-0.39, 0.29) is 0 Å². The fraction of sp³-hybridized carbons (Fsp3) is 0. The van der Waals surface area contributed by atoms with E-state index in [2.05, 4.69) is 4.98 Å². The molecule has 5 heteroatoms. The third-order valence-corrected chi connectivity index (χ3v) is 3.22. The van der Waals surface area contributed by atoms with Gasteiger partial charge in [-0.3, -0.25) is 0 Å². The van der Waals surface area contributed by atoms with Gasteiger partial charge >= 0.3 is 0 Å². The van der Waals surface area contributed by atoms with Gasteiger partial charge in [0.2, 0.25) is 0 Å². The minimum absolute atomic E-state index is 0.481. The summed E-state index contributed by atoms with van der Waals surface area (Å²) in [5.41, 5.74) is 0.752. The Morgan fingerprint density at radius 3 is 2.67 bits per heavy atom. The monoisotopic (exact) mass is 237 g/mol. The number of rotatable bonds is 0. The van der Waals surface area contributed by atoms with Crippen molar-refractivity contribution in [2.45, 2.75) is 0 Å². The molecule has 0 aliphatic carbocycles. The number of nitrogens with zero attached hydrogens (tertiary/aromatic N) is 1. The first-order valence-electron chi connectivity index (χ1n) is 3.08. The van der Waals surface area contributed by atoms with E-state index in [0.29, 0.717) is 14.5 Å². The van der Waals surface area contributed by atoms with Gasteiger partial charge in [-0.15, -0.1) is 11.3 Å². The lowest BCUT2D eigenvalue weighted by Crippen LogP contribution is -1.69. The average Bonchev–Trinajstić information content (AvgIpc) is 2.29. The van der Waals surface area contributed by atoms with Crippen molar-refractivity contribution in [2.24, 2.45) is 0 Å². The van der Waals surface area contributed by atoms with Gasteiger partial charge in [0, 0.05) is 5.02 Å². The van der Waals surface area contributed by atoms with E-state index < -0.39 is 0 Å². The second-order valence-corrected chi connectivity index (χ2v) is 4.63. The van der Waals surface area contributed by atoms with Gasteiger partial charge in [0.25, 0.3) is 0 Å². The lowest BCUT2D eigenvalue weighted by molar-refractivity contribution is 1.50. The molecule has 1 heterocycles. The molecule has 0 amide bonds. The van der Waals surface area contributed by atoms with Crippen LogP contribution in [-0.2, 0) is 0 Å². The molecule has 0 aliphatic rings. The summed E-state index contributed by atoms with van der Waals surface area (Å²) < 4.78 is 1.36.